The normalized spacial score (nSPS) is 15.4. The lowest BCUT2D eigenvalue weighted by atomic mass is 10.0. The second kappa shape index (κ2) is 8.22. The smallest absolute Gasteiger partial charge is 0.0652 e. The largest absolute Gasteiger partial charge is 0.309 e. The molecule has 0 amide bonds. The molecule has 0 aliphatic rings. The first kappa shape index (κ1) is 13.5. The molecule has 0 unspecified atom stereocenters. The van der Waals surface area contributed by atoms with Gasteiger partial charge in [-0.25, -0.2) is 0 Å². The number of nitrogens with zero attached hydrogens (tertiary/aromatic N) is 2. The van der Waals surface area contributed by atoms with Crippen LogP contribution in [-0.4, -0.2) is 9.13 Å². The Morgan fingerprint density at radius 2 is 1.11 bits per heavy atom. The molecule has 8 rings (SSSR count). The fraction of sp³-hybridized carbons (Fsp3) is 0. The van der Waals surface area contributed by atoms with E-state index < -0.39 is 12.1 Å². The highest BCUT2D eigenvalue weighted by Crippen LogP contribution is 2.38. The Kier molecular flexibility index (Phi) is 2.91. The highest BCUT2D eigenvalue weighted by molar-refractivity contribution is 6.12. The molecule has 0 fully saturated rings. The molecule has 2 nitrogen and oxygen atoms in total. The first-order chi connectivity index (χ1) is 23.0. The van der Waals surface area contributed by atoms with Crippen molar-refractivity contribution in [3.8, 4) is 22.5 Å². The van der Waals surface area contributed by atoms with Crippen LogP contribution in [0.3, 0.4) is 0 Å². The third-order valence-electron chi connectivity index (χ3n) is 6.96. The lowest BCUT2D eigenvalue weighted by molar-refractivity contribution is 1.17. The molecule has 2 heteroatoms. The van der Waals surface area contributed by atoms with Crippen LogP contribution in [0.5, 0.6) is 0 Å². The summed E-state index contributed by atoms with van der Waals surface area (Å²) in [6.45, 7) is 0. The quantitative estimate of drug-likeness (QED) is 0.231. The van der Waals surface area contributed by atoms with E-state index >= 15 is 0 Å². The molecule has 178 valence electrons. The second-order valence-corrected chi connectivity index (χ2v) is 9.01. The van der Waals surface area contributed by atoms with E-state index in [4.69, 9.17) is 9.60 Å². The number of hydrogen-bond acceptors (Lipinski definition) is 0. The maximum absolute atomic E-state index is 9.69. The Morgan fingerprint density at radius 3 is 1.89 bits per heavy atom. The summed E-state index contributed by atoms with van der Waals surface area (Å²) < 4.78 is 92.3. The Morgan fingerprint density at radius 1 is 0.447 bits per heavy atom. The molecule has 2 aromatic heterocycles. The van der Waals surface area contributed by atoms with E-state index in [0.29, 0.717) is 11.3 Å². The van der Waals surface area contributed by atoms with Crippen molar-refractivity contribution >= 4 is 43.6 Å². The maximum Gasteiger partial charge on any atom is 0.0652 e. The third kappa shape index (κ3) is 3.01. The summed E-state index contributed by atoms with van der Waals surface area (Å²) >= 11 is 0. The second-order valence-electron chi connectivity index (χ2n) is 9.01. The Labute approximate surface area is 234 Å². The van der Waals surface area contributed by atoms with Gasteiger partial charge in [0, 0.05) is 32.8 Å². The molecule has 6 aromatic carbocycles. The predicted molar refractivity (Wildman–Crippen MR) is 161 cm³/mol. The zero-order valence-corrected chi connectivity index (χ0v) is 20.0. The molecular weight excluding hydrogens is 460 g/mol. The molecule has 38 heavy (non-hydrogen) atoms. The summed E-state index contributed by atoms with van der Waals surface area (Å²) in [7, 11) is 0. The van der Waals surface area contributed by atoms with Gasteiger partial charge >= 0.3 is 0 Å². The van der Waals surface area contributed by atoms with E-state index in [1.807, 2.05) is 48.5 Å². The number of para-hydroxylation sites is 4. The molecule has 0 saturated heterocycles. The lowest BCUT2D eigenvalue weighted by Gasteiger charge is -2.14. The first-order valence-corrected chi connectivity index (χ1v) is 12.2. The van der Waals surface area contributed by atoms with Crippen molar-refractivity contribution in [2.75, 3.05) is 0 Å². The number of fused-ring (bicyclic) bond motifs is 6. The average molecular weight is 495 g/mol. The van der Waals surface area contributed by atoms with Gasteiger partial charge in [-0.3, -0.25) is 0 Å². The summed E-state index contributed by atoms with van der Waals surface area (Å²) in [6.07, 6.45) is 0. The standard InChI is InChI=1S/C36H24N2/c1-2-12-25(13-3-1)27-14-4-8-18-32(27)38-35-21-11-7-17-30(35)31-24-26(22-23-36(31)38)37-33-19-9-5-15-28(33)29-16-6-10-20-34(29)37/h1-24H/i1D,7D,11D,12D,13D,17D,21D,22D,23D,24D. The molecule has 0 radical (unpaired) electrons. The lowest BCUT2D eigenvalue weighted by Crippen LogP contribution is -1.97. The van der Waals surface area contributed by atoms with Crippen molar-refractivity contribution in [2.24, 2.45) is 0 Å². The highest BCUT2D eigenvalue weighted by atomic mass is 15.0. The SMILES string of the molecule is [2H]c1cc([2H])c(-c2ccccc2-n2c3c([2H])c([2H])c([2H])c([2H])c3c3c([2H])c(-n4c5ccccc5c5ccccc54)c([2H])c([2H])c32)c([2H])c1. The highest BCUT2D eigenvalue weighted by Gasteiger charge is 2.17. The van der Waals surface area contributed by atoms with Gasteiger partial charge in [0.1, 0.15) is 0 Å². The summed E-state index contributed by atoms with van der Waals surface area (Å²) in [5.41, 5.74) is 2.47. The summed E-state index contributed by atoms with van der Waals surface area (Å²) in [6, 6.07) is 21.9. The van der Waals surface area contributed by atoms with Crippen LogP contribution in [0.2, 0.25) is 0 Å². The number of hydrogen-bond donors (Lipinski definition) is 0. The van der Waals surface area contributed by atoms with Gasteiger partial charge in [-0.05, 0) is 47.9 Å². The van der Waals surface area contributed by atoms with Crippen LogP contribution in [0.15, 0.2) is 145 Å². The summed E-state index contributed by atoms with van der Waals surface area (Å²) in [5.74, 6) is 0. The Hall–Kier alpha value is -5.08. The van der Waals surface area contributed by atoms with E-state index in [9.17, 15) is 4.11 Å². The molecular formula is C36H24N2. The maximum atomic E-state index is 9.69. The van der Waals surface area contributed by atoms with E-state index in [-0.39, 0.29) is 81.4 Å². The average Bonchev–Trinajstić information content (AvgIpc) is 3.60. The minimum Gasteiger partial charge on any atom is -0.309 e. The van der Waals surface area contributed by atoms with Crippen molar-refractivity contribution in [1.82, 2.24) is 9.13 Å². The topological polar surface area (TPSA) is 9.86 Å². The van der Waals surface area contributed by atoms with Gasteiger partial charge in [-0.1, -0.05) is 103 Å². The fourth-order valence-corrected chi connectivity index (χ4v) is 5.37. The van der Waals surface area contributed by atoms with Gasteiger partial charge < -0.3 is 9.13 Å². The fourth-order valence-electron chi connectivity index (χ4n) is 5.37. The van der Waals surface area contributed by atoms with Crippen molar-refractivity contribution < 1.29 is 13.7 Å². The van der Waals surface area contributed by atoms with Crippen LogP contribution >= 0.6 is 0 Å². The summed E-state index contributed by atoms with van der Waals surface area (Å²) in [4.78, 5) is 0. The molecule has 2 heterocycles. The Bertz CT molecular complexity index is 2610. The van der Waals surface area contributed by atoms with Gasteiger partial charge in [0.25, 0.3) is 0 Å². The van der Waals surface area contributed by atoms with Crippen LogP contribution < -0.4 is 0 Å². The van der Waals surface area contributed by atoms with Crippen LogP contribution in [0, 0.1) is 0 Å². The van der Waals surface area contributed by atoms with Crippen LogP contribution in [0.25, 0.3) is 66.1 Å². The van der Waals surface area contributed by atoms with E-state index in [1.165, 1.54) is 16.7 Å². The van der Waals surface area contributed by atoms with Crippen LogP contribution in [0.4, 0.5) is 0 Å². The van der Waals surface area contributed by atoms with Gasteiger partial charge in [-0.2, -0.15) is 0 Å². The molecule has 8 aromatic rings. The predicted octanol–water partition coefficient (Wildman–Crippen LogP) is 9.55. The Balaban J connectivity index is 1.61. The third-order valence-corrected chi connectivity index (χ3v) is 6.96. The molecule has 0 N–H and O–H groups in total. The van der Waals surface area contributed by atoms with Crippen molar-refractivity contribution in [3.05, 3.63) is 145 Å². The minimum atomic E-state index is -0.498. The summed E-state index contributed by atoms with van der Waals surface area (Å²) in [5, 5.41) is 1.91. The van der Waals surface area contributed by atoms with Crippen molar-refractivity contribution in [2.45, 2.75) is 0 Å². The molecule has 0 spiro atoms. The van der Waals surface area contributed by atoms with E-state index in [0.717, 1.165) is 21.8 Å². The molecule has 0 bridgehead atoms. The van der Waals surface area contributed by atoms with Crippen molar-refractivity contribution in [3.63, 3.8) is 0 Å². The molecule has 0 aliphatic carbocycles. The number of rotatable bonds is 3. The molecule has 0 saturated carbocycles. The molecule has 0 aliphatic heterocycles. The van der Waals surface area contributed by atoms with Crippen molar-refractivity contribution in [1.29, 1.82) is 0 Å². The zero-order valence-electron chi connectivity index (χ0n) is 30.0. The first-order valence-electron chi connectivity index (χ1n) is 17.2. The number of benzene rings is 6. The van der Waals surface area contributed by atoms with Crippen LogP contribution in [-0.2, 0) is 0 Å². The monoisotopic (exact) mass is 494 g/mol. The van der Waals surface area contributed by atoms with Gasteiger partial charge in [0.05, 0.1) is 41.5 Å². The van der Waals surface area contributed by atoms with Crippen LogP contribution in [0.1, 0.15) is 13.7 Å². The van der Waals surface area contributed by atoms with Gasteiger partial charge in [0.2, 0.25) is 0 Å². The number of aromatic nitrogens is 2. The van der Waals surface area contributed by atoms with Gasteiger partial charge in [0.15, 0.2) is 0 Å². The molecule has 0 atom stereocenters. The zero-order chi connectivity index (χ0) is 33.8. The van der Waals surface area contributed by atoms with E-state index in [2.05, 4.69) is 0 Å². The van der Waals surface area contributed by atoms with Gasteiger partial charge in [-0.15, -0.1) is 0 Å². The van der Waals surface area contributed by atoms with E-state index in [1.54, 1.807) is 28.8 Å². The minimum absolute atomic E-state index is 0.000870.